The molecule has 1 heterocycles. The third kappa shape index (κ3) is 4.39. The van der Waals surface area contributed by atoms with E-state index in [4.69, 9.17) is 0 Å². The van der Waals surface area contributed by atoms with Crippen LogP contribution in [0.3, 0.4) is 0 Å². The molecule has 0 atom stereocenters. The molecular formula is C25H32N4O2. The molecule has 2 amide bonds. The molecule has 31 heavy (non-hydrogen) atoms. The first kappa shape index (κ1) is 20.3. The molecular weight excluding hydrogens is 388 g/mol. The number of hydrogen-bond donors (Lipinski definition) is 2. The summed E-state index contributed by atoms with van der Waals surface area (Å²) in [6, 6.07) is 10.1. The Bertz CT molecular complexity index is 884. The Morgan fingerprint density at radius 1 is 0.968 bits per heavy atom. The van der Waals surface area contributed by atoms with Crippen LogP contribution in [0.2, 0.25) is 0 Å². The topological polar surface area (TPSA) is 76.0 Å². The van der Waals surface area contributed by atoms with E-state index in [1.807, 2.05) is 29.1 Å². The molecule has 0 spiro atoms. The van der Waals surface area contributed by atoms with Gasteiger partial charge in [0, 0.05) is 37.3 Å². The van der Waals surface area contributed by atoms with Crippen molar-refractivity contribution in [3.63, 3.8) is 0 Å². The lowest BCUT2D eigenvalue weighted by molar-refractivity contribution is -0.146. The van der Waals surface area contributed by atoms with Crippen molar-refractivity contribution in [3.05, 3.63) is 48.3 Å². The van der Waals surface area contributed by atoms with Crippen molar-refractivity contribution < 1.29 is 9.59 Å². The van der Waals surface area contributed by atoms with Crippen molar-refractivity contribution in [2.24, 2.45) is 23.2 Å². The lowest BCUT2D eigenvalue weighted by Crippen LogP contribution is -2.53. The second-order valence-corrected chi connectivity index (χ2v) is 9.92. The molecule has 6 rings (SSSR count). The van der Waals surface area contributed by atoms with Gasteiger partial charge in [-0.2, -0.15) is 5.10 Å². The van der Waals surface area contributed by atoms with Crippen LogP contribution in [0.5, 0.6) is 0 Å². The minimum atomic E-state index is -0.131. The van der Waals surface area contributed by atoms with Gasteiger partial charge in [0.2, 0.25) is 11.8 Å². The number of nitrogens with zero attached hydrogens (tertiary/aromatic N) is 2. The largest absolute Gasteiger partial charge is 0.356 e. The van der Waals surface area contributed by atoms with Gasteiger partial charge in [-0.1, -0.05) is 12.1 Å². The Hall–Kier alpha value is -2.63. The van der Waals surface area contributed by atoms with Crippen LogP contribution in [0.25, 0.3) is 5.69 Å². The van der Waals surface area contributed by atoms with Gasteiger partial charge in [-0.05, 0) is 86.5 Å². The normalized spacial score (nSPS) is 28.5. The summed E-state index contributed by atoms with van der Waals surface area (Å²) >= 11 is 0. The van der Waals surface area contributed by atoms with Crippen LogP contribution in [0.15, 0.2) is 42.7 Å². The average Bonchev–Trinajstić information content (AvgIpc) is 3.28. The monoisotopic (exact) mass is 420 g/mol. The zero-order valence-corrected chi connectivity index (χ0v) is 18.1. The molecule has 4 bridgehead atoms. The number of rotatable bonds is 8. The first-order valence-electron chi connectivity index (χ1n) is 11.7. The molecule has 6 nitrogen and oxygen atoms in total. The van der Waals surface area contributed by atoms with Crippen molar-refractivity contribution >= 4 is 11.8 Å². The van der Waals surface area contributed by atoms with Gasteiger partial charge in [-0.15, -0.1) is 0 Å². The summed E-state index contributed by atoms with van der Waals surface area (Å²) in [7, 11) is 0. The van der Waals surface area contributed by atoms with E-state index in [-0.39, 0.29) is 17.2 Å². The number of amides is 2. The molecule has 0 saturated heterocycles. The predicted molar refractivity (Wildman–Crippen MR) is 119 cm³/mol. The smallest absolute Gasteiger partial charge is 0.226 e. The van der Waals surface area contributed by atoms with Crippen LogP contribution < -0.4 is 10.6 Å². The van der Waals surface area contributed by atoms with Gasteiger partial charge in [0.15, 0.2) is 0 Å². The van der Waals surface area contributed by atoms with Crippen molar-refractivity contribution in [2.75, 3.05) is 13.1 Å². The highest BCUT2D eigenvalue weighted by atomic mass is 16.2. The van der Waals surface area contributed by atoms with E-state index in [0.717, 1.165) is 49.1 Å². The summed E-state index contributed by atoms with van der Waals surface area (Å²) in [5, 5.41) is 10.3. The van der Waals surface area contributed by atoms with Gasteiger partial charge in [0.25, 0.3) is 0 Å². The van der Waals surface area contributed by atoms with Crippen LogP contribution in [-0.2, 0) is 16.0 Å². The van der Waals surface area contributed by atoms with Crippen molar-refractivity contribution in [1.29, 1.82) is 0 Å². The Labute approximate surface area is 183 Å². The fourth-order valence-electron chi connectivity index (χ4n) is 6.54. The Kier molecular flexibility index (Phi) is 5.55. The zero-order valence-electron chi connectivity index (χ0n) is 18.1. The second kappa shape index (κ2) is 8.48. The highest BCUT2D eigenvalue weighted by molar-refractivity contribution is 5.84. The molecule has 0 aliphatic heterocycles. The van der Waals surface area contributed by atoms with Crippen LogP contribution in [0.4, 0.5) is 0 Å². The standard InChI is InChI=1S/C25H32N4O2/c30-23(26-9-6-18-2-4-22(5-3-18)29-11-1-8-28-29)7-10-27-24(31)25-15-19-12-20(16-25)14-21(13-19)17-25/h1-5,8,11,19-21H,6-7,9-10,12-17H2,(H,26,30)(H,27,31). The molecule has 164 valence electrons. The maximum absolute atomic E-state index is 12.9. The summed E-state index contributed by atoms with van der Waals surface area (Å²) in [6.07, 6.45) is 12.0. The first-order chi connectivity index (χ1) is 15.1. The summed E-state index contributed by atoms with van der Waals surface area (Å²) in [4.78, 5) is 25.1. The lowest BCUT2D eigenvalue weighted by Gasteiger charge is -2.55. The molecule has 1 aromatic heterocycles. The van der Waals surface area contributed by atoms with E-state index in [2.05, 4.69) is 27.9 Å². The number of benzene rings is 1. The van der Waals surface area contributed by atoms with E-state index in [0.29, 0.717) is 19.5 Å². The summed E-state index contributed by atoms with van der Waals surface area (Å²) in [6.45, 7) is 1.04. The van der Waals surface area contributed by atoms with Crippen LogP contribution in [-0.4, -0.2) is 34.7 Å². The minimum Gasteiger partial charge on any atom is -0.356 e. The third-order valence-electron chi connectivity index (χ3n) is 7.60. The molecule has 2 N–H and O–H groups in total. The van der Waals surface area contributed by atoms with E-state index in [9.17, 15) is 9.59 Å². The highest BCUT2D eigenvalue weighted by Gasteiger charge is 2.54. The van der Waals surface area contributed by atoms with E-state index in [1.54, 1.807) is 6.20 Å². The Morgan fingerprint density at radius 3 is 2.26 bits per heavy atom. The summed E-state index contributed by atoms with van der Waals surface area (Å²) in [5.41, 5.74) is 2.06. The Morgan fingerprint density at radius 2 is 1.65 bits per heavy atom. The van der Waals surface area contributed by atoms with Gasteiger partial charge in [-0.25, -0.2) is 4.68 Å². The summed E-state index contributed by atoms with van der Waals surface area (Å²) < 4.78 is 1.82. The summed E-state index contributed by atoms with van der Waals surface area (Å²) in [5.74, 6) is 2.48. The van der Waals surface area contributed by atoms with Gasteiger partial charge in [0.1, 0.15) is 0 Å². The van der Waals surface area contributed by atoms with Crippen LogP contribution in [0, 0.1) is 23.2 Å². The first-order valence-corrected chi connectivity index (χ1v) is 11.7. The number of carbonyl (C=O) groups is 2. The third-order valence-corrected chi connectivity index (χ3v) is 7.60. The van der Waals surface area contributed by atoms with Crippen LogP contribution in [0.1, 0.15) is 50.5 Å². The van der Waals surface area contributed by atoms with Gasteiger partial charge >= 0.3 is 0 Å². The van der Waals surface area contributed by atoms with Crippen molar-refractivity contribution in [3.8, 4) is 5.69 Å². The number of aromatic nitrogens is 2. The van der Waals surface area contributed by atoms with Crippen molar-refractivity contribution in [1.82, 2.24) is 20.4 Å². The molecule has 4 aliphatic rings. The van der Waals surface area contributed by atoms with Crippen LogP contribution >= 0.6 is 0 Å². The Balaban J connectivity index is 1.02. The molecule has 0 unspecified atom stereocenters. The molecule has 1 aromatic carbocycles. The minimum absolute atomic E-state index is 0.000951. The SMILES string of the molecule is O=C(CCNC(=O)C12CC3CC(CC(C3)C1)C2)NCCc1ccc(-n2cccn2)cc1. The lowest BCUT2D eigenvalue weighted by atomic mass is 9.49. The predicted octanol–water partition coefficient (Wildman–Crippen LogP) is 3.25. The quantitative estimate of drug-likeness (QED) is 0.688. The fourth-order valence-corrected chi connectivity index (χ4v) is 6.54. The van der Waals surface area contributed by atoms with E-state index >= 15 is 0 Å². The number of hydrogen-bond acceptors (Lipinski definition) is 3. The average molecular weight is 421 g/mol. The molecule has 2 aromatic rings. The molecule has 4 aliphatic carbocycles. The van der Waals surface area contributed by atoms with Gasteiger partial charge in [0.05, 0.1) is 5.69 Å². The molecule has 0 radical (unpaired) electrons. The molecule has 6 heteroatoms. The number of carbonyl (C=O) groups excluding carboxylic acids is 2. The van der Waals surface area contributed by atoms with Crippen molar-refractivity contribution in [2.45, 2.75) is 51.4 Å². The molecule has 4 saturated carbocycles. The highest BCUT2D eigenvalue weighted by Crippen LogP contribution is 2.60. The zero-order chi connectivity index (χ0) is 21.3. The number of nitrogens with one attached hydrogen (secondary N) is 2. The molecule has 4 fully saturated rings. The second-order valence-electron chi connectivity index (χ2n) is 9.92. The van der Waals surface area contributed by atoms with E-state index < -0.39 is 0 Å². The van der Waals surface area contributed by atoms with Gasteiger partial charge < -0.3 is 10.6 Å². The van der Waals surface area contributed by atoms with E-state index in [1.165, 1.54) is 24.8 Å². The maximum atomic E-state index is 12.9. The maximum Gasteiger partial charge on any atom is 0.226 e. The van der Waals surface area contributed by atoms with Gasteiger partial charge in [-0.3, -0.25) is 9.59 Å². The fraction of sp³-hybridized carbons (Fsp3) is 0.560.